The summed E-state index contributed by atoms with van der Waals surface area (Å²) in [5.41, 5.74) is 0.354. The van der Waals surface area contributed by atoms with Crippen molar-refractivity contribution in [1.82, 2.24) is 0 Å². The molecule has 12 heavy (non-hydrogen) atoms. The topological polar surface area (TPSA) is 0 Å². The number of thiocarbonyl (C=S) groups is 1. The Bertz CT molecular complexity index is 284. The van der Waals surface area contributed by atoms with Crippen LogP contribution in [0.4, 0.5) is 8.78 Å². The second-order valence-electron chi connectivity index (χ2n) is 2.36. The first kappa shape index (κ1) is 9.26. The lowest BCUT2D eigenvalue weighted by Crippen LogP contribution is -1.93. The van der Waals surface area contributed by atoms with Crippen LogP contribution in [-0.4, -0.2) is 5.37 Å². The standard InChI is InChI=1S/C9H7F2S/c10-8-5-1-3-7(9(8)11)4-2-6-12/h1,3,5H,2,4H2. The van der Waals surface area contributed by atoms with Gasteiger partial charge in [0.25, 0.3) is 0 Å². The van der Waals surface area contributed by atoms with E-state index in [1.54, 1.807) is 6.07 Å². The molecule has 1 rings (SSSR count). The van der Waals surface area contributed by atoms with Crippen molar-refractivity contribution in [2.24, 2.45) is 0 Å². The van der Waals surface area contributed by atoms with Gasteiger partial charge >= 0.3 is 0 Å². The molecule has 0 aliphatic heterocycles. The van der Waals surface area contributed by atoms with E-state index in [2.05, 4.69) is 17.6 Å². The van der Waals surface area contributed by atoms with Gasteiger partial charge in [-0.3, -0.25) is 0 Å². The minimum Gasteiger partial charge on any atom is -0.204 e. The lowest BCUT2D eigenvalue weighted by atomic mass is 10.1. The Labute approximate surface area is 75.2 Å². The molecule has 0 fully saturated rings. The van der Waals surface area contributed by atoms with Crippen molar-refractivity contribution in [3.8, 4) is 0 Å². The Morgan fingerprint density at radius 3 is 2.75 bits per heavy atom. The summed E-state index contributed by atoms with van der Waals surface area (Å²) in [6, 6.07) is 4.13. The summed E-state index contributed by atoms with van der Waals surface area (Å²) < 4.78 is 25.5. The van der Waals surface area contributed by atoms with Gasteiger partial charge in [-0.25, -0.2) is 8.78 Å². The van der Waals surface area contributed by atoms with Gasteiger partial charge in [-0.1, -0.05) is 24.4 Å². The maximum Gasteiger partial charge on any atom is 0.162 e. The molecule has 0 unspecified atom stereocenters. The van der Waals surface area contributed by atoms with E-state index in [4.69, 9.17) is 0 Å². The Hall–Kier alpha value is -0.830. The summed E-state index contributed by atoms with van der Waals surface area (Å²) in [5.74, 6) is -1.58. The third kappa shape index (κ3) is 2.08. The molecule has 0 aliphatic rings. The molecular formula is C9H7F2S. The maximum atomic E-state index is 12.9. The molecule has 0 nitrogen and oxygen atoms in total. The van der Waals surface area contributed by atoms with Gasteiger partial charge in [-0.05, 0) is 24.5 Å². The molecule has 0 spiro atoms. The molecule has 0 bridgehead atoms. The molecule has 0 aromatic heterocycles. The van der Waals surface area contributed by atoms with Crippen LogP contribution < -0.4 is 0 Å². The second-order valence-corrected chi connectivity index (χ2v) is 2.65. The normalized spacial score (nSPS) is 9.83. The van der Waals surface area contributed by atoms with Crippen molar-refractivity contribution in [2.75, 3.05) is 0 Å². The summed E-state index contributed by atoms with van der Waals surface area (Å²) >= 11 is 4.46. The molecule has 0 heterocycles. The van der Waals surface area contributed by atoms with Crippen LogP contribution in [0.15, 0.2) is 18.2 Å². The number of rotatable bonds is 3. The average Bonchev–Trinajstić information content (AvgIpc) is 2.08. The van der Waals surface area contributed by atoms with Gasteiger partial charge in [0.2, 0.25) is 0 Å². The van der Waals surface area contributed by atoms with Crippen LogP contribution in [0.25, 0.3) is 0 Å². The van der Waals surface area contributed by atoms with Crippen LogP contribution in [0.2, 0.25) is 0 Å². The van der Waals surface area contributed by atoms with Crippen LogP contribution in [0.5, 0.6) is 0 Å². The van der Waals surface area contributed by atoms with Gasteiger partial charge in [0, 0.05) is 5.37 Å². The summed E-state index contributed by atoms with van der Waals surface area (Å²) in [4.78, 5) is 0. The van der Waals surface area contributed by atoms with Crippen LogP contribution in [0.3, 0.4) is 0 Å². The van der Waals surface area contributed by atoms with Gasteiger partial charge in [0.1, 0.15) is 0 Å². The van der Waals surface area contributed by atoms with Crippen molar-refractivity contribution >= 4 is 17.6 Å². The van der Waals surface area contributed by atoms with Gasteiger partial charge in [-0.2, -0.15) is 0 Å². The lowest BCUT2D eigenvalue weighted by molar-refractivity contribution is 0.499. The zero-order valence-electron chi connectivity index (χ0n) is 6.31. The number of hydrogen-bond acceptors (Lipinski definition) is 1. The Morgan fingerprint density at radius 1 is 1.33 bits per heavy atom. The van der Waals surface area contributed by atoms with E-state index < -0.39 is 11.6 Å². The highest BCUT2D eigenvalue weighted by molar-refractivity contribution is 7.78. The number of benzene rings is 1. The molecule has 3 heteroatoms. The fourth-order valence-electron chi connectivity index (χ4n) is 0.927. The molecule has 0 saturated carbocycles. The van der Waals surface area contributed by atoms with Crippen LogP contribution in [-0.2, 0) is 6.42 Å². The summed E-state index contributed by atoms with van der Waals surface area (Å²) in [6.07, 6.45) is 0.878. The highest BCUT2D eigenvalue weighted by Crippen LogP contribution is 2.12. The smallest absolute Gasteiger partial charge is 0.162 e. The zero-order chi connectivity index (χ0) is 8.97. The maximum absolute atomic E-state index is 12.9. The van der Waals surface area contributed by atoms with E-state index in [1.807, 2.05) is 0 Å². The summed E-state index contributed by atoms with van der Waals surface area (Å²) in [6.45, 7) is 0. The molecule has 0 amide bonds. The van der Waals surface area contributed by atoms with E-state index in [-0.39, 0.29) is 0 Å². The summed E-state index contributed by atoms with van der Waals surface area (Å²) in [5, 5.41) is 2.46. The van der Waals surface area contributed by atoms with Crippen LogP contribution in [0, 0.1) is 11.6 Å². The van der Waals surface area contributed by atoms with Crippen molar-refractivity contribution in [2.45, 2.75) is 12.8 Å². The molecule has 0 N–H and O–H groups in total. The van der Waals surface area contributed by atoms with E-state index in [1.165, 1.54) is 6.07 Å². The molecule has 0 aliphatic carbocycles. The second kappa shape index (κ2) is 4.26. The molecule has 63 valence electrons. The third-order valence-electron chi connectivity index (χ3n) is 1.53. The van der Waals surface area contributed by atoms with Crippen molar-refractivity contribution in [3.05, 3.63) is 35.4 Å². The Morgan fingerprint density at radius 2 is 2.08 bits per heavy atom. The predicted octanol–water partition coefficient (Wildman–Crippen LogP) is 2.77. The van der Waals surface area contributed by atoms with Crippen molar-refractivity contribution < 1.29 is 8.78 Å². The first-order chi connectivity index (χ1) is 5.75. The first-order valence-electron chi connectivity index (χ1n) is 3.53. The largest absolute Gasteiger partial charge is 0.204 e. The average molecular weight is 185 g/mol. The zero-order valence-corrected chi connectivity index (χ0v) is 7.13. The van der Waals surface area contributed by atoms with Crippen LogP contribution >= 0.6 is 12.2 Å². The lowest BCUT2D eigenvalue weighted by Gasteiger charge is -1.99. The van der Waals surface area contributed by atoms with E-state index in [0.29, 0.717) is 18.4 Å². The quantitative estimate of drug-likeness (QED) is 0.652. The fourth-order valence-corrected chi connectivity index (χ4v) is 1.03. The molecule has 1 aromatic carbocycles. The van der Waals surface area contributed by atoms with E-state index in [0.717, 1.165) is 6.07 Å². The third-order valence-corrected chi connectivity index (χ3v) is 1.73. The molecule has 1 radical (unpaired) electrons. The van der Waals surface area contributed by atoms with Crippen molar-refractivity contribution in [1.29, 1.82) is 0 Å². The predicted molar refractivity (Wildman–Crippen MR) is 47.3 cm³/mol. The van der Waals surface area contributed by atoms with Gasteiger partial charge < -0.3 is 0 Å². The Kier molecular flexibility index (Phi) is 3.29. The fraction of sp³-hybridized carbons (Fsp3) is 0.222. The number of hydrogen-bond donors (Lipinski definition) is 0. The highest BCUT2D eigenvalue weighted by atomic mass is 32.1. The highest BCUT2D eigenvalue weighted by Gasteiger charge is 2.05. The number of halogens is 2. The van der Waals surface area contributed by atoms with Crippen molar-refractivity contribution in [3.63, 3.8) is 0 Å². The molecule has 0 atom stereocenters. The molecule has 1 aromatic rings. The van der Waals surface area contributed by atoms with Gasteiger partial charge in [0.15, 0.2) is 11.6 Å². The minimum atomic E-state index is -0.808. The van der Waals surface area contributed by atoms with E-state index in [9.17, 15) is 8.78 Å². The van der Waals surface area contributed by atoms with E-state index >= 15 is 0 Å². The summed E-state index contributed by atoms with van der Waals surface area (Å²) in [7, 11) is 0. The minimum absolute atomic E-state index is 0.354. The number of aryl methyl sites for hydroxylation is 1. The Balaban J connectivity index is 2.84. The van der Waals surface area contributed by atoms with Crippen LogP contribution in [0.1, 0.15) is 12.0 Å². The first-order valence-corrected chi connectivity index (χ1v) is 3.94. The molecular weight excluding hydrogens is 178 g/mol. The monoisotopic (exact) mass is 185 g/mol. The van der Waals surface area contributed by atoms with Gasteiger partial charge in [0.05, 0.1) is 0 Å². The van der Waals surface area contributed by atoms with Gasteiger partial charge in [-0.15, -0.1) is 0 Å². The molecule has 0 saturated heterocycles. The SMILES string of the molecule is Fc1cccc(CC[C]=S)c1F.